The number of benzene rings is 4. The van der Waals surface area contributed by atoms with Gasteiger partial charge in [-0.1, -0.05) is 109 Å². The van der Waals surface area contributed by atoms with Gasteiger partial charge in [-0.25, -0.2) is 4.99 Å². The third-order valence-corrected chi connectivity index (χ3v) is 7.04. The molecule has 0 bridgehead atoms. The smallest absolute Gasteiger partial charge is 0.441 e. The van der Waals surface area contributed by atoms with Gasteiger partial charge in [0.05, 0.1) is 31.6 Å². The highest BCUT2D eigenvalue weighted by molar-refractivity contribution is 5.84. The molecule has 1 aliphatic rings. The molecular formula is C35H34F3NO5. The Labute approximate surface area is 255 Å². The van der Waals surface area contributed by atoms with Crippen LogP contribution in [0.2, 0.25) is 0 Å². The van der Waals surface area contributed by atoms with Crippen LogP contribution in [0.5, 0.6) is 0 Å². The lowest BCUT2D eigenvalue weighted by Crippen LogP contribution is -2.60. The molecule has 1 unspecified atom stereocenters. The molecule has 1 heterocycles. The molecule has 5 rings (SSSR count). The van der Waals surface area contributed by atoms with E-state index in [9.17, 15) is 13.2 Å². The first-order valence-electron chi connectivity index (χ1n) is 14.4. The number of alkyl halides is 3. The van der Waals surface area contributed by atoms with Crippen molar-refractivity contribution < 1.29 is 36.9 Å². The lowest BCUT2D eigenvalue weighted by molar-refractivity contribution is -0.307. The van der Waals surface area contributed by atoms with Crippen LogP contribution in [-0.4, -0.2) is 42.8 Å². The number of para-hydroxylation sites is 1. The summed E-state index contributed by atoms with van der Waals surface area (Å²) in [5.41, 5.74) is 2.72. The van der Waals surface area contributed by atoms with Crippen LogP contribution in [0.4, 0.5) is 18.9 Å². The third kappa shape index (κ3) is 8.76. The zero-order valence-corrected chi connectivity index (χ0v) is 24.2. The fourth-order valence-electron chi connectivity index (χ4n) is 4.85. The first kappa shape index (κ1) is 31.4. The zero-order chi connectivity index (χ0) is 30.8. The molecule has 4 aromatic carbocycles. The molecule has 230 valence electrons. The minimum Gasteiger partial charge on any atom is -0.441 e. The average molecular weight is 606 g/mol. The standard InChI is InChI=1S/C35H34F3NO5/c1-25-30(40-22-26-14-6-2-7-15-26)31(41-23-27-16-8-3-9-17-27)32(42-24-28-18-10-4-11-19-28)33(43-25)44-34(35(36,37)38)39-29-20-12-5-13-21-29/h2-21,25,30-33H,22-24H2,1H3/t25-,30-,31+,32-,33?/m0/s1. The van der Waals surface area contributed by atoms with E-state index in [1.807, 2.05) is 91.0 Å². The summed E-state index contributed by atoms with van der Waals surface area (Å²) in [5, 5.41) is 0. The van der Waals surface area contributed by atoms with Gasteiger partial charge in [0.15, 0.2) is 0 Å². The predicted octanol–water partition coefficient (Wildman–Crippen LogP) is 7.80. The highest BCUT2D eigenvalue weighted by Gasteiger charge is 2.51. The molecule has 0 amide bonds. The number of ether oxygens (including phenoxy) is 5. The van der Waals surface area contributed by atoms with E-state index in [1.54, 1.807) is 25.1 Å². The SMILES string of the molecule is C[C@@H]1OC(OC(=Nc2ccccc2)C(F)(F)F)[C@@H](OCc2ccccc2)[C@H](OCc2ccccc2)[C@H]1OCc1ccccc1. The van der Waals surface area contributed by atoms with Crippen LogP contribution in [0.1, 0.15) is 23.6 Å². The van der Waals surface area contributed by atoms with E-state index >= 15 is 0 Å². The van der Waals surface area contributed by atoms with Crippen molar-refractivity contribution in [3.05, 3.63) is 138 Å². The summed E-state index contributed by atoms with van der Waals surface area (Å²) in [7, 11) is 0. The Morgan fingerprint density at radius 1 is 0.614 bits per heavy atom. The number of hydrogen-bond acceptors (Lipinski definition) is 6. The van der Waals surface area contributed by atoms with E-state index in [0.29, 0.717) is 0 Å². The van der Waals surface area contributed by atoms with Gasteiger partial charge >= 0.3 is 6.18 Å². The summed E-state index contributed by atoms with van der Waals surface area (Å²) in [5.74, 6) is -1.44. The summed E-state index contributed by atoms with van der Waals surface area (Å²) in [6.45, 7) is 2.22. The maximum atomic E-state index is 14.3. The number of hydrogen-bond donors (Lipinski definition) is 0. The van der Waals surface area contributed by atoms with E-state index in [1.165, 1.54) is 12.1 Å². The van der Waals surface area contributed by atoms with Crippen LogP contribution in [-0.2, 0) is 43.5 Å². The molecule has 0 saturated carbocycles. The quantitative estimate of drug-likeness (QED) is 0.129. The number of aliphatic imine (C=N–C) groups is 1. The summed E-state index contributed by atoms with van der Waals surface area (Å²) < 4.78 is 73.6. The van der Waals surface area contributed by atoms with Crippen molar-refractivity contribution in [1.29, 1.82) is 0 Å². The van der Waals surface area contributed by atoms with Crippen LogP contribution >= 0.6 is 0 Å². The Morgan fingerprint density at radius 3 is 1.48 bits per heavy atom. The van der Waals surface area contributed by atoms with Crippen molar-refractivity contribution in [2.75, 3.05) is 0 Å². The van der Waals surface area contributed by atoms with Gasteiger partial charge in [0, 0.05) is 0 Å². The van der Waals surface area contributed by atoms with E-state index < -0.39 is 42.8 Å². The Balaban J connectivity index is 1.47. The largest absolute Gasteiger partial charge is 0.468 e. The van der Waals surface area contributed by atoms with E-state index in [2.05, 4.69) is 4.99 Å². The molecule has 44 heavy (non-hydrogen) atoms. The highest BCUT2D eigenvalue weighted by Crippen LogP contribution is 2.33. The monoisotopic (exact) mass is 605 g/mol. The molecule has 6 nitrogen and oxygen atoms in total. The lowest BCUT2D eigenvalue weighted by atomic mass is 9.98. The topological polar surface area (TPSA) is 58.5 Å². The summed E-state index contributed by atoms with van der Waals surface area (Å²) in [4.78, 5) is 3.78. The Hall–Kier alpha value is -4.02. The second-order valence-corrected chi connectivity index (χ2v) is 10.4. The molecule has 0 aliphatic carbocycles. The van der Waals surface area contributed by atoms with Gasteiger partial charge in [0.2, 0.25) is 6.29 Å². The summed E-state index contributed by atoms with van der Waals surface area (Å²) in [6, 6.07) is 36.2. The van der Waals surface area contributed by atoms with Gasteiger partial charge in [-0.15, -0.1) is 0 Å². The third-order valence-electron chi connectivity index (χ3n) is 7.04. The van der Waals surface area contributed by atoms with Crippen LogP contribution in [0.15, 0.2) is 126 Å². The second kappa shape index (κ2) is 15.1. The zero-order valence-electron chi connectivity index (χ0n) is 24.2. The van der Waals surface area contributed by atoms with Gasteiger partial charge in [0.25, 0.3) is 5.90 Å². The van der Waals surface area contributed by atoms with E-state index in [0.717, 1.165) is 16.7 Å². The fourth-order valence-corrected chi connectivity index (χ4v) is 4.85. The maximum Gasteiger partial charge on any atom is 0.468 e. The maximum absolute atomic E-state index is 14.3. The minimum atomic E-state index is -4.90. The molecule has 0 spiro atoms. The molecule has 0 radical (unpaired) electrons. The van der Waals surface area contributed by atoms with Crippen molar-refractivity contribution >= 4 is 11.6 Å². The Bertz CT molecular complexity index is 1440. The Morgan fingerprint density at radius 2 is 1.02 bits per heavy atom. The average Bonchev–Trinajstić information content (AvgIpc) is 3.04. The molecule has 0 aromatic heterocycles. The second-order valence-electron chi connectivity index (χ2n) is 10.4. The molecule has 1 saturated heterocycles. The first-order valence-corrected chi connectivity index (χ1v) is 14.4. The van der Waals surface area contributed by atoms with E-state index in [4.69, 9.17) is 23.7 Å². The summed E-state index contributed by atoms with van der Waals surface area (Å²) >= 11 is 0. The predicted molar refractivity (Wildman–Crippen MR) is 160 cm³/mol. The number of rotatable bonds is 11. The van der Waals surface area contributed by atoms with Gasteiger partial charge in [0.1, 0.15) is 18.3 Å². The number of halogens is 3. The molecule has 4 aromatic rings. The van der Waals surface area contributed by atoms with Gasteiger partial charge < -0.3 is 23.7 Å². The van der Waals surface area contributed by atoms with Crippen molar-refractivity contribution in [3.8, 4) is 0 Å². The van der Waals surface area contributed by atoms with Gasteiger partial charge in [-0.2, -0.15) is 13.2 Å². The van der Waals surface area contributed by atoms with Crippen LogP contribution < -0.4 is 0 Å². The van der Waals surface area contributed by atoms with Gasteiger partial charge in [-0.05, 0) is 35.7 Å². The summed E-state index contributed by atoms with van der Waals surface area (Å²) in [6.07, 6.45) is -9.78. The Kier molecular flexibility index (Phi) is 10.8. The molecule has 9 heteroatoms. The molecule has 1 aliphatic heterocycles. The van der Waals surface area contributed by atoms with E-state index in [-0.39, 0.29) is 25.5 Å². The normalized spacial score (nSPS) is 22.5. The first-order chi connectivity index (χ1) is 21.4. The van der Waals surface area contributed by atoms with Crippen LogP contribution in [0, 0.1) is 0 Å². The molecule has 1 fully saturated rings. The number of nitrogens with zero attached hydrogens (tertiary/aromatic N) is 1. The van der Waals surface area contributed by atoms with Crippen molar-refractivity contribution in [2.24, 2.45) is 4.99 Å². The van der Waals surface area contributed by atoms with Crippen molar-refractivity contribution in [3.63, 3.8) is 0 Å². The molecule has 5 atom stereocenters. The minimum absolute atomic E-state index is 0.0802. The van der Waals surface area contributed by atoms with Crippen molar-refractivity contribution in [1.82, 2.24) is 0 Å². The van der Waals surface area contributed by atoms with Crippen molar-refractivity contribution in [2.45, 2.75) is 63.6 Å². The van der Waals surface area contributed by atoms with Crippen LogP contribution in [0.3, 0.4) is 0 Å². The molecule has 0 N–H and O–H groups in total. The van der Waals surface area contributed by atoms with Gasteiger partial charge in [-0.3, -0.25) is 0 Å². The lowest BCUT2D eigenvalue weighted by Gasteiger charge is -2.45. The molecular weight excluding hydrogens is 571 g/mol. The highest BCUT2D eigenvalue weighted by atomic mass is 19.4. The fraction of sp³-hybridized carbons (Fsp3) is 0.286. The van der Waals surface area contributed by atoms with Crippen LogP contribution in [0.25, 0.3) is 0 Å².